The van der Waals surface area contributed by atoms with Gasteiger partial charge in [0.15, 0.2) is 0 Å². The summed E-state index contributed by atoms with van der Waals surface area (Å²) in [5, 5.41) is 0. The molecule has 1 atom stereocenters. The Morgan fingerprint density at radius 1 is 1.05 bits per heavy atom. The van der Waals surface area contributed by atoms with Gasteiger partial charge in [-0.15, -0.1) is 0 Å². The van der Waals surface area contributed by atoms with Crippen LogP contribution < -0.4 is 9.64 Å². The van der Waals surface area contributed by atoms with Gasteiger partial charge in [-0.1, -0.05) is 18.2 Å². The van der Waals surface area contributed by atoms with Crippen molar-refractivity contribution >= 4 is 12.0 Å². The molecule has 1 heterocycles. The molecule has 2 aromatic rings. The first-order chi connectivity index (χ1) is 10.4. The monoisotopic (exact) mass is 281 g/mol. The fourth-order valence-corrected chi connectivity index (χ4v) is 2.86. The van der Waals surface area contributed by atoms with E-state index in [0.717, 1.165) is 37.2 Å². The van der Waals surface area contributed by atoms with E-state index in [2.05, 4.69) is 17.0 Å². The summed E-state index contributed by atoms with van der Waals surface area (Å²) in [5.41, 5.74) is 1.17. The standard InChI is InChI=1S/C18H19NO2/c20-14-12-15-5-4-13-19(15)16-8-10-18(11-9-16)21-17-6-2-1-3-7-17/h1-3,6-11,14-15H,4-5,12-13H2/t15-/m0/s1. The SMILES string of the molecule is O=CC[C@@H]1CCCN1c1ccc(Oc2ccccc2)cc1. The average Bonchev–Trinajstić information content (AvgIpc) is 2.98. The number of rotatable bonds is 5. The molecule has 3 nitrogen and oxygen atoms in total. The summed E-state index contributed by atoms with van der Waals surface area (Å²) < 4.78 is 5.80. The largest absolute Gasteiger partial charge is 0.457 e. The van der Waals surface area contributed by atoms with Crippen molar-refractivity contribution in [3.8, 4) is 11.5 Å². The third-order valence-corrected chi connectivity index (χ3v) is 3.89. The summed E-state index contributed by atoms with van der Waals surface area (Å²) in [6, 6.07) is 18.2. The van der Waals surface area contributed by atoms with Gasteiger partial charge in [0.2, 0.25) is 0 Å². The zero-order valence-electron chi connectivity index (χ0n) is 11.9. The van der Waals surface area contributed by atoms with Gasteiger partial charge < -0.3 is 14.4 Å². The van der Waals surface area contributed by atoms with Crippen molar-refractivity contribution in [1.82, 2.24) is 0 Å². The van der Waals surface area contributed by atoms with Crippen LogP contribution in [0.5, 0.6) is 11.5 Å². The topological polar surface area (TPSA) is 29.5 Å². The molecular formula is C18H19NO2. The second kappa shape index (κ2) is 6.44. The van der Waals surface area contributed by atoms with Crippen LogP contribution in [0.2, 0.25) is 0 Å². The molecule has 3 rings (SSSR count). The predicted octanol–water partition coefficient (Wildman–Crippen LogP) is 4.04. The number of hydrogen-bond donors (Lipinski definition) is 0. The Balaban J connectivity index is 1.70. The molecule has 0 bridgehead atoms. The quantitative estimate of drug-likeness (QED) is 0.775. The van der Waals surface area contributed by atoms with E-state index in [1.54, 1.807) is 0 Å². The van der Waals surface area contributed by atoms with E-state index in [-0.39, 0.29) is 0 Å². The lowest BCUT2D eigenvalue weighted by Gasteiger charge is -2.25. The molecule has 0 amide bonds. The van der Waals surface area contributed by atoms with Gasteiger partial charge in [0.1, 0.15) is 17.8 Å². The summed E-state index contributed by atoms with van der Waals surface area (Å²) in [7, 11) is 0. The summed E-state index contributed by atoms with van der Waals surface area (Å²) in [5.74, 6) is 1.67. The maximum absolute atomic E-state index is 10.7. The van der Waals surface area contributed by atoms with Crippen molar-refractivity contribution < 1.29 is 9.53 Å². The van der Waals surface area contributed by atoms with Crippen LogP contribution in [0.4, 0.5) is 5.69 Å². The second-order valence-electron chi connectivity index (χ2n) is 5.30. The van der Waals surface area contributed by atoms with Crippen molar-refractivity contribution in [2.24, 2.45) is 0 Å². The highest BCUT2D eigenvalue weighted by Gasteiger charge is 2.24. The highest BCUT2D eigenvalue weighted by molar-refractivity contribution is 5.56. The van der Waals surface area contributed by atoms with E-state index >= 15 is 0 Å². The molecule has 0 aromatic heterocycles. The number of hydrogen-bond acceptors (Lipinski definition) is 3. The first kappa shape index (κ1) is 13.7. The zero-order chi connectivity index (χ0) is 14.5. The molecular weight excluding hydrogens is 262 g/mol. The fourth-order valence-electron chi connectivity index (χ4n) is 2.86. The number of carbonyl (C=O) groups excluding carboxylic acids is 1. The summed E-state index contributed by atoms with van der Waals surface area (Å²) in [6.07, 6.45) is 3.89. The molecule has 1 aliphatic heterocycles. The fraction of sp³-hybridized carbons (Fsp3) is 0.278. The van der Waals surface area contributed by atoms with E-state index in [1.165, 1.54) is 5.69 Å². The van der Waals surface area contributed by atoms with Crippen molar-refractivity contribution in [2.45, 2.75) is 25.3 Å². The van der Waals surface area contributed by atoms with Gasteiger partial charge in [-0.3, -0.25) is 0 Å². The minimum atomic E-state index is 0.350. The van der Waals surface area contributed by atoms with Gasteiger partial charge >= 0.3 is 0 Å². The van der Waals surface area contributed by atoms with Crippen molar-refractivity contribution in [3.63, 3.8) is 0 Å². The Labute approximate surface area is 125 Å². The van der Waals surface area contributed by atoms with Crippen LogP contribution in [-0.4, -0.2) is 18.9 Å². The third-order valence-electron chi connectivity index (χ3n) is 3.89. The van der Waals surface area contributed by atoms with Gasteiger partial charge in [-0.25, -0.2) is 0 Å². The van der Waals surface area contributed by atoms with E-state index in [4.69, 9.17) is 4.74 Å². The number of carbonyl (C=O) groups is 1. The lowest BCUT2D eigenvalue weighted by atomic mass is 10.1. The first-order valence-corrected chi connectivity index (χ1v) is 7.40. The van der Waals surface area contributed by atoms with Gasteiger partial charge in [-0.2, -0.15) is 0 Å². The molecule has 3 heteroatoms. The number of nitrogens with zero attached hydrogens (tertiary/aromatic N) is 1. The van der Waals surface area contributed by atoms with Gasteiger partial charge in [0.25, 0.3) is 0 Å². The van der Waals surface area contributed by atoms with Crippen LogP contribution in [0, 0.1) is 0 Å². The third kappa shape index (κ3) is 3.24. The molecule has 0 unspecified atom stereocenters. The second-order valence-corrected chi connectivity index (χ2v) is 5.30. The van der Waals surface area contributed by atoms with Crippen LogP contribution >= 0.6 is 0 Å². The van der Waals surface area contributed by atoms with Crippen molar-refractivity contribution in [3.05, 3.63) is 54.6 Å². The predicted molar refractivity (Wildman–Crippen MR) is 84.0 cm³/mol. The minimum Gasteiger partial charge on any atom is -0.457 e. The number of aldehydes is 1. The summed E-state index contributed by atoms with van der Waals surface area (Å²) >= 11 is 0. The lowest BCUT2D eigenvalue weighted by Crippen LogP contribution is -2.29. The molecule has 1 fully saturated rings. The number of anilines is 1. The number of ether oxygens (including phenoxy) is 1. The highest BCUT2D eigenvalue weighted by atomic mass is 16.5. The minimum absolute atomic E-state index is 0.350. The molecule has 0 N–H and O–H groups in total. The molecule has 1 aliphatic rings. The Hall–Kier alpha value is -2.29. The first-order valence-electron chi connectivity index (χ1n) is 7.40. The maximum atomic E-state index is 10.7. The molecule has 0 spiro atoms. The molecule has 2 aromatic carbocycles. The molecule has 0 saturated carbocycles. The molecule has 21 heavy (non-hydrogen) atoms. The number of para-hydroxylation sites is 1. The van der Waals surface area contributed by atoms with Gasteiger partial charge in [0, 0.05) is 24.7 Å². The van der Waals surface area contributed by atoms with E-state index in [9.17, 15) is 4.79 Å². The van der Waals surface area contributed by atoms with Gasteiger partial charge in [0.05, 0.1) is 0 Å². The summed E-state index contributed by atoms with van der Waals surface area (Å²) in [4.78, 5) is 13.1. The Kier molecular flexibility index (Phi) is 4.20. The van der Waals surface area contributed by atoms with Gasteiger partial charge in [-0.05, 0) is 49.2 Å². The highest BCUT2D eigenvalue weighted by Crippen LogP contribution is 2.29. The Morgan fingerprint density at radius 3 is 2.48 bits per heavy atom. The number of benzene rings is 2. The van der Waals surface area contributed by atoms with Crippen molar-refractivity contribution in [1.29, 1.82) is 0 Å². The van der Waals surface area contributed by atoms with Crippen LogP contribution in [0.3, 0.4) is 0 Å². The normalized spacial score (nSPS) is 17.7. The molecule has 1 saturated heterocycles. The molecule has 0 aliphatic carbocycles. The zero-order valence-corrected chi connectivity index (χ0v) is 11.9. The smallest absolute Gasteiger partial charge is 0.127 e. The van der Waals surface area contributed by atoms with Crippen LogP contribution in [0.25, 0.3) is 0 Å². The van der Waals surface area contributed by atoms with Crippen molar-refractivity contribution in [2.75, 3.05) is 11.4 Å². The summed E-state index contributed by atoms with van der Waals surface area (Å²) in [6.45, 7) is 1.03. The van der Waals surface area contributed by atoms with E-state index in [1.807, 2.05) is 42.5 Å². The lowest BCUT2D eigenvalue weighted by molar-refractivity contribution is -0.108. The molecule has 0 radical (unpaired) electrons. The molecule has 108 valence electrons. The average molecular weight is 281 g/mol. The Morgan fingerprint density at radius 2 is 1.76 bits per heavy atom. The maximum Gasteiger partial charge on any atom is 0.127 e. The van der Waals surface area contributed by atoms with Crippen LogP contribution in [0.15, 0.2) is 54.6 Å². The van der Waals surface area contributed by atoms with E-state index in [0.29, 0.717) is 12.5 Å². The van der Waals surface area contributed by atoms with Crippen LogP contribution in [0.1, 0.15) is 19.3 Å². The van der Waals surface area contributed by atoms with E-state index < -0.39 is 0 Å². The van der Waals surface area contributed by atoms with Crippen LogP contribution in [-0.2, 0) is 4.79 Å². The Bertz CT molecular complexity index is 580.